The van der Waals surface area contributed by atoms with Gasteiger partial charge < -0.3 is 10.4 Å². The molecule has 98 valence electrons. The van der Waals surface area contributed by atoms with Crippen LogP contribution in [0.5, 0.6) is 0 Å². The van der Waals surface area contributed by atoms with E-state index in [2.05, 4.69) is 23.3 Å². The second kappa shape index (κ2) is 6.00. The second-order valence-electron chi connectivity index (χ2n) is 4.18. The van der Waals surface area contributed by atoms with Crippen molar-refractivity contribution >= 4 is 11.8 Å². The van der Waals surface area contributed by atoms with Gasteiger partial charge in [-0.1, -0.05) is 31.2 Å². The highest BCUT2D eigenvalue weighted by atomic mass is 16.4. The Morgan fingerprint density at radius 1 is 1.21 bits per heavy atom. The van der Waals surface area contributed by atoms with E-state index in [1.807, 2.05) is 18.2 Å². The van der Waals surface area contributed by atoms with E-state index in [0.717, 1.165) is 12.0 Å². The molecule has 0 amide bonds. The number of carboxylic acids is 1. The number of nitrogens with one attached hydrogen (secondary N) is 1. The van der Waals surface area contributed by atoms with Gasteiger partial charge in [-0.15, -0.1) is 0 Å². The maximum Gasteiger partial charge on any atom is 0.339 e. The molecule has 0 aliphatic rings. The predicted octanol–water partition coefficient (Wildman–Crippen LogP) is 2.95. The van der Waals surface area contributed by atoms with Crippen LogP contribution in [0.3, 0.4) is 0 Å². The fourth-order valence-corrected chi connectivity index (χ4v) is 1.97. The van der Waals surface area contributed by atoms with Crippen molar-refractivity contribution in [3.8, 4) is 0 Å². The molecule has 0 saturated carbocycles. The van der Waals surface area contributed by atoms with E-state index in [1.54, 1.807) is 18.3 Å². The van der Waals surface area contributed by atoms with Crippen LogP contribution in [0.4, 0.5) is 5.82 Å². The molecule has 0 unspecified atom stereocenters. The number of rotatable bonds is 5. The predicted molar refractivity (Wildman–Crippen MR) is 74.3 cm³/mol. The zero-order chi connectivity index (χ0) is 13.7. The molecule has 0 fully saturated rings. The highest BCUT2D eigenvalue weighted by molar-refractivity contribution is 5.92. The number of carboxylic acid groups (broad SMARTS) is 1. The Morgan fingerprint density at radius 3 is 2.63 bits per heavy atom. The van der Waals surface area contributed by atoms with E-state index in [0.29, 0.717) is 12.4 Å². The van der Waals surface area contributed by atoms with E-state index in [-0.39, 0.29) is 5.56 Å². The summed E-state index contributed by atoms with van der Waals surface area (Å²) in [6.07, 6.45) is 2.53. The number of aryl methyl sites for hydroxylation is 1. The first-order valence-electron chi connectivity index (χ1n) is 6.21. The van der Waals surface area contributed by atoms with Gasteiger partial charge in [-0.2, -0.15) is 0 Å². The van der Waals surface area contributed by atoms with Gasteiger partial charge in [-0.05, 0) is 29.7 Å². The van der Waals surface area contributed by atoms with Crippen LogP contribution >= 0.6 is 0 Å². The minimum absolute atomic E-state index is 0.191. The lowest BCUT2D eigenvalue weighted by Gasteiger charge is -2.11. The summed E-state index contributed by atoms with van der Waals surface area (Å²) in [4.78, 5) is 15.2. The molecular weight excluding hydrogens is 240 g/mol. The highest BCUT2D eigenvalue weighted by Gasteiger charge is 2.10. The first kappa shape index (κ1) is 13.1. The number of hydrogen-bond acceptors (Lipinski definition) is 3. The number of nitrogens with zero attached hydrogens (tertiary/aromatic N) is 1. The quantitative estimate of drug-likeness (QED) is 0.863. The van der Waals surface area contributed by atoms with Gasteiger partial charge in [0.05, 0.1) is 0 Å². The average molecular weight is 256 g/mol. The molecule has 4 heteroatoms. The SMILES string of the molecule is CCc1ccccc1CNc1ncccc1C(=O)O. The molecule has 0 radical (unpaired) electrons. The van der Waals surface area contributed by atoms with Crippen molar-refractivity contribution in [3.63, 3.8) is 0 Å². The van der Waals surface area contributed by atoms with E-state index >= 15 is 0 Å². The molecule has 1 aromatic heterocycles. The number of hydrogen-bond donors (Lipinski definition) is 2. The molecule has 0 aliphatic carbocycles. The molecule has 0 saturated heterocycles. The maximum absolute atomic E-state index is 11.1. The topological polar surface area (TPSA) is 62.2 Å². The van der Waals surface area contributed by atoms with Crippen molar-refractivity contribution in [1.29, 1.82) is 0 Å². The average Bonchev–Trinajstić information content (AvgIpc) is 2.45. The van der Waals surface area contributed by atoms with Crippen molar-refractivity contribution in [2.45, 2.75) is 19.9 Å². The van der Waals surface area contributed by atoms with Gasteiger partial charge in [0.15, 0.2) is 0 Å². The number of carbonyl (C=O) groups is 1. The highest BCUT2D eigenvalue weighted by Crippen LogP contribution is 2.15. The van der Waals surface area contributed by atoms with Gasteiger partial charge in [0.2, 0.25) is 0 Å². The minimum Gasteiger partial charge on any atom is -0.478 e. The lowest BCUT2D eigenvalue weighted by atomic mass is 10.1. The van der Waals surface area contributed by atoms with E-state index in [1.165, 1.54) is 5.56 Å². The smallest absolute Gasteiger partial charge is 0.339 e. The Bertz CT molecular complexity index is 582. The third kappa shape index (κ3) is 3.10. The third-order valence-electron chi connectivity index (χ3n) is 2.98. The molecule has 1 heterocycles. The first-order chi connectivity index (χ1) is 9.22. The zero-order valence-corrected chi connectivity index (χ0v) is 10.8. The molecule has 4 nitrogen and oxygen atoms in total. The second-order valence-corrected chi connectivity index (χ2v) is 4.18. The molecule has 0 bridgehead atoms. The van der Waals surface area contributed by atoms with Crippen molar-refractivity contribution in [2.24, 2.45) is 0 Å². The lowest BCUT2D eigenvalue weighted by molar-refractivity contribution is 0.0697. The van der Waals surface area contributed by atoms with Crippen LogP contribution in [0.1, 0.15) is 28.4 Å². The van der Waals surface area contributed by atoms with Gasteiger partial charge in [0.25, 0.3) is 0 Å². The number of aromatic nitrogens is 1. The minimum atomic E-state index is -0.973. The standard InChI is InChI=1S/C15H16N2O2/c1-2-11-6-3-4-7-12(11)10-17-14-13(15(18)19)8-5-9-16-14/h3-9H,2,10H2,1H3,(H,16,17)(H,18,19). The monoisotopic (exact) mass is 256 g/mol. The molecule has 19 heavy (non-hydrogen) atoms. The number of aromatic carboxylic acids is 1. The summed E-state index contributed by atoms with van der Waals surface area (Å²) in [6.45, 7) is 2.67. The Balaban J connectivity index is 2.17. The van der Waals surface area contributed by atoms with Crippen molar-refractivity contribution in [1.82, 2.24) is 4.98 Å². The van der Waals surface area contributed by atoms with Crippen LogP contribution in [-0.2, 0) is 13.0 Å². The van der Waals surface area contributed by atoms with Gasteiger partial charge >= 0.3 is 5.97 Å². The maximum atomic E-state index is 11.1. The normalized spacial score (nSPS) is 10.2. The summed E-state index contributed by atoms with van der Waals surface area (Å²) >= 11 is 0. The zero-order valence-electron chi connectivity index (χ0n) is 10.8. The fourth-order valence-electron chi connectivity index (χ4n) is 1.97. The Morgan fingerprint density at radius 2 is 1.95 bits per heavy atom. The van der Waals surface area contributed by atoms with Crippen LogP contribution in [0, 0.1) is 0 Å². The summed E-state index contributed by atoms with van der Waals surface area (Å²) in [7, 11) is 0. The molecule has 0 atom stereocenters. The van der Waals surface area contributed by atoms with Gasteiger partial charge in [-0.3, -0.25) is 0 Å². The van der Waals surface area contributed by atoms with E-state index < -0.39 is 5.97 Å². The van der Waals surface area contributed by atoms with Crippen LogP contribution in [-0.4, -0.2) is 16.1 Å². The fraction of sp³-hybridized carbons (Fsp3) is 0.200. The Hall–Kier alpha value is -2.36. The molecule has 2 N–H and O–H groups in total. The van der Waals surface area contributed by atoms with E-state index in [9.17, 15) is 4.79 Å². The Labute approximate surface area is 112 Å². The number of pyridine rings is 1. The van der Waals surface area contributed by atoms with Gasteiger partial charge in [0.1, 0.15) is 11.4 Å². The molecule has 0 aliphatic heterocycles. The van der Waals surface area contributed by atoms with E-state index in [4.69, 9.17) is 5.11 Å². The Kier molecular flexibility index (Phi) is 4.13. The molecule has 0 spiro atoms. The largest absolute Gasteiger partial charge is 0.478 e. The first-order valence-corrected chi connectivity index (χ1v) is 6.21. The summed E-state index contributed by atoms with van der Waals surface area (Å²) in [5.41, 5.74) is 2.60. The summed E-state index contributed by atoms with van der Waals surface area (Å²) in [6, 6.07) is 11.3. The summed E-state index contributed by atoms with van der Waals surface area (Å²) < 4.78 is 0. The van der Waals surface area contributed by atoms with Gasteiger partial charge in [0, 0.05) is 12.7 Å². The molecule has 2 aromatic rings. The van der Waals surface area contributed by atoms with Crippen molar-refractivity contribution in [2.75, 3.05) is 5.32 Å². The van der Waals surface area contributed by atoms with Crippen LogP contribution < -0.4 is 5.32 Å². The van der Waals surface area contributed by atoms with Crippen LogP contribution in [0.25, 0.3) is 0 Å². The third-order valence-corrected chi connectivity index (χ3v) is 2.98. The lowest BCUT2D eigenvalue weighted by Crippen LogP contribution is -2.09. The van der Waals surface area contributed by atoms with Crippen LogP contribution in [0.2, 0.25) is 0 Å². The van der Waals surface area contributed by atoms with Gasteiger partial charge in [-0.25, -0.2) is 9.78 Å². The molecule has 2 rings (SSSR count). The van der Waals surface area contributed by atoms with Crippen molar-refractivity contribution in [3.05, 3.63) is 59.3 Å². The number of anilines is 1. The summed E-state index contributed by atoms with van der Waals surface area (Å²) in [5.74, 6) is -0.569. The summed E-state index contributed by atoms with van der Waals surface area (Å²) in [5, 5.41) is 12.2. The van der Waals surface area contributed by atoms with Crippen molar-refractivity contribution < 1.29 is 9.90 Å². The number of benzene rings is 1. The molecule has 1 aromatic carbocycles. The van der Waals surface area contributed by atoms with Crippen LogP contribution in [0.15, 0.2) is 42.6 Å². The molecular formula is C15H16N2O2.